The number of nitrogens with zero attached hydrogens (tertiary/aromatic N) is 2. The first kappa shape index (κ1) is 12.0. The zero-order chi connectivity index (χ0) is 12.8. The van der Waals surface area contributed by atoms with E-state index in [1.54, 1.807) is 13.8 Å². The van der Waals surface area contributed by atoms with E-state index in [0.29, 0.717) is 11.1 Å². The van der Waals surface area contributed by atoms with Gasteiger partial charge in [-0.2, -0.15) is 0 Å². The maximum atomic E-state index is 13.9. The molecule has 0 atom stereocenters. The van der Waals surface area contributed by atoms with Gasteiger partial charge in [0.05, 0.1) is 11.1 Å². The van der Waals surface area contributed by atoms with Crippen molar-refractivity contribution in [3.8, 4) is 0 Å². The van der Waals surface area contributed by atoms with Crippen LogP contribution in [-0.2, 0) is 12.1 Å². The number of fused-ring (bicyclic) bond motifs is 1. The molecular weight excluding hydrogens is 219 g/mol. The highest BCUT2D eigenvalue weighted by Crippen LogP contribution is 2.27. The normalized spacial score (nSPS) is 12.4. The predicted octanol–water partition coefficient (Wildman–Crippen LogP) is 2.73. The second kappa shape index (κ2) is 3.81. The van der Waals surface area contributed by atoms with Crippen LogP contribution < -0.4 is 0 Å². The molecule has 92 valence electrons. The molecule has 17 heavy (non-hydrogen) atoms. The van der Waals surface area contributed by atoms with Gasteiger partial charge in [0.25, 0.3) is 0 Å². The van der Waals surface area contributed by atoms with Gasteiger partial charge in [0.2, 0.25) is 0 Å². The minimum Gasteiger partial charge on any atom is -0.386 e. The summed E-state index contributed by atoms with van der Waals surface area (Å²) in [5.74, 6) is 0.407. The van der Waals surface area contributed by atoms with Crippen molar-refractivity contribution < 1.29 is 9.50 Å². The molecule has 0 amide bonds. The Balaban J connectivity index is 2.79. The summed E-state index contributed by atoms with van der Waals surface area (Å²) >= 11 is 0. The van der Waals surface area contributed by atoms with E-state index in [0.717, 1.165) is 17.9 Å². The smallest absolute Gasteiger partial charge is 0.151 e. The van der Waals surface area contributed by atoms with Crippen LogP contribution in [0.2, 0.25) is 0 Å². The molecule has 0 aliphatic heterocycles. The van der Waals surface area contributed by atoms with E-state index in [9.17, 15) is 9.50 Å². The lowest BCUT2D eigenvalue weighted by Gasteiger charge is -2.18. The van der Waals surface area contributed by atoms with Crippen molar-refractivity contribution >= 4 is 11.0 Å². The van der Waals surface area contributed by atoms with Gasteiger partial charge in [0.15, 0.2) is 5.82 Å². The third-order valence-corrected chi connectivity index (χ3v) is 3.02. The van der Waals surface area contributed by atoms with Crippen LogP contribution in [0.5, 0.6) is 0 Å². The Morgan fingerprint density at radius 3 is 2.59 bits per heavy atom. The molecule has 0 spiro atoms. The van der Waals surface area contributed by atoms with Gasteiger partial charge in [0.1, 0.15) is 11.3 Å². The van der Waals surface area contributed by atoms with Crippen molar-refractivity contribution in [2.75, 3.05) is 0 Å². The molecular formula is C13H17FN2O. The van der Waals surface area contributed by atoms with Crippen molar-refractivity contribution in [2.45, 2.75) is 39.8 Å². The first-order valence-corrected chi connectivity index (χ1v) is 5.74. The fraction of sp³-hybridized carbons (Fsp3) is 0.462. The highest BCUT2D eigenvalue weighted by molar-refractivity contribution is 5.78. The molecule has 2 rings (SSSR count). The van der Waals surface area contributed by atoms with E-state index >= 15 is 0 Å². The van der Waals surface area contributed by atoms with Crippen LogP contribution in [0.1, 0.15) is 32.2 Å². The second-order valence-electron chi connectivity index (χ2n) is 4.79. The molecule has 2 aromatic rings. The molecule has 0 radical (unpaired) electrons. The van der Waals surface area contributed by atoms with Crippen molar-refractivity contribution in [3.05, 3.63) is 29.3 Å². The number of aromatic nitrogens is 2. The Morgan fingerprint density at radius 2 is 2.06 bits per heavy atom. The van der Waals surface area contributed by atoms with Crippen LogP contribution in [-0.4, -0.2) is 14.7 Å². The van der Waals surface area contributed by atoms with Gasteiger partial charge >= 0.3 is 0 Å². The minimum absolute atomic E-state index is 0.373. The maximum Gasteiger partial charge on any atom is 0.151 e. The van der Waals surface area contributed by atoms with Gasteiger partial charge in [-0.25, -0.2) is 9.37 Å². The molecule has 1 heterocycles. The fourth-order valence-corrected chi connectivity index (χ4v) is 2.05. The third-order valence-electron chi connectivity index (χ3n) is 3.02. The maximum absolute atomic E-state index is 13.9. The van der Waals surface area contributed by atoms with Crippen molar-refractivity contribution in [2.24, 2.45) is 0 Å². The van der Waals surface area contributed by atoms with Gasteiger partial charge in [-0.05, 0) is 45.4 Å². The van der Waals surface area contributed by atoms with Gasteiger partial charge in [0, 0.05) is 6.54 Å². The molecule has 1 aromatic heterocycles. The fourth-order valence-electron chi connectivity index (χ4n) is 2.05. The summed E-state index contributed by atoms with van der Waals surface area (Å²) in [5, 5.41) is 9.95. The first-order valence-electron chi connectivity index (χ1n) is 5.74. The summed E-state index contributed by atoms with van der Waals surface area (Å²) in [5.41, 5.74) is 0.628. The summed E-state index contributed by atoms with van der Waals surface area (Å²) in [4.78, 5) is 4.21. The van der Waals surface area contributed by atoms with E-state index in [1.165, 1.54) is 6.07 Å². The topological polar surface area (TPSA) is 38.0 Å². The molecule has 0 unspecified atom stereocenters. The predicted molar refractivity (Wildman–Crippen MR) is 65.3 cm³/mol. The Kier molecular flexibility index (Phi) is 2.70. The van der Waals surface area contributed by atoms with Crippen molar-refractivity contribution in [1.29, 1.82) is 0 Å². The lowest BCUT2D eigenvalue weighted by atomic mass is 9.98. The zero-order valence-corrected chi connectivity index (χ0v) is 10.6. The molecule has 0 aliphatic carbocycles. The number of halogens is 1. The molecule has 0 aliphatic rings. The van der Waals surface area contributed by atoms with Gasteiger partial charge in [-0.1, -0.05) is 0 Å². The number of rotatable bonds is 2. The van der Waals surface area contributed by atoms with E-state index in [4.69, 9.17) is 0 Å². The molecule has 1 N–H and O–H groups in total. The average molecular weight is 236 g/mol. The summed E-state index contributed by atoms with van der Waals surface area (Å²) in [6.07, 6.45) is 0. The number of imidazole rings is 1. The Bertz CT molecular complexity index is 567. The number of aliphatic hydroxyl groups is 1. The number of aryl methyl sites for hydroxylation is 2. The SMILES string of the molecule is CCn1c(C)nc2c(F)cc(C(C)(C)O)cc21. The average Bonchev–Trinajstić information content (AvgIpc) is 2.53. The van der Waals surface area contributed by atoms with Crippen molar-refractivity contribution in [3.63, 3.8) is 0 Å². The molecule has 0 fully saturated rings. The molecule has 1 aromatic carbocycles. The number of hydrogen-bond donors (Lipinski definition) is 1. The Hall–Kier alpha value is -1.42. The van der Waals surface area contributed by atoms with Crippen LogP contribution in [0.4, 0.5) is 4.39 Å². The van der Waals surface area contributed by atoms with Crippen LogP contribution in [0.15, 0.2) is 12.1 Å². The van der Waals surface area contributed by atoms with Gasteiger partial charge in [-0.3, -0.25) is 0 Å². The summed E-state index contributed by atoms with van der Waals surface area (Å²) in [6.45, 7) is 7.87. The zero-order valence-electron chi connectivity index (χ0n) is 10.6. The number of benzene rings is 1. The number of hydrogen-bond acceptors (Lipinski definition) is 2. The summed E-state index contributed by atoms with van der Waals surface area (Å²) < 4.78 is 15.9. The molecule has 0 bridgehead atoms. The van der Waals surface area contributed by atoms with Crippen LogP contribution >= 0.6 is 0 Å². The highest BCUT2D eigenvalue weighted by Gasteiger charge is 2.20. The monoisotopic (exact) mass is 236 g/mol. The largest absolute Gasteiger partial charge is 0.386 e. The molecule has 0 saturated carbocycles. The lowest BCUT2D eigenvalue weighted by Crippen LogP contribution is -2.16. The summed E-state index contributed by atoms with van der Waals surface area (Å²) in [6, 6.07) is 3.16. The van der Waals surface area contributed by atoms with Gasteiger partial charge < -0.3 is 9.67 Å². The van der Waals surface area contributed by atoms with E-state index < -0.39 is 5.60 Å². The van der Waals surface area contributed by atoms with Gasteiger partial charge in [-0.15, -0.1) is 0 Å². The molecule has 4 heteroatoms. The minimum atomic E-state index is -1.05. The molecule has 0 saturated heterocycles. The van der Waals surface area contributed by atoms with Crippen LogP contribution in [0.3, 0.4) is 0 Å². The highest BCUT2D eigenvalue weighted by atomic mass is 19.1. The Labute approximate surface area is 99.9 Å². The quantitative estimate of drug-likeness (QED) is 0.870. The van der Waals surface area contributed by atoms with Crippen LogP contribution in [0, 0.1) is 12.7 Å². The summed E-state index contributed by atoms with van der Waals surface area (Å²) in [7, 11) is 0. The second-order valence-corrected chi connectivity index (χ2v) is 4.79. The van der Waals surface area contributed by atoms with Crippen molar-refractivity contribution in [1.82, 2.24) is 9.55 Å². The first-order chi connectivity index (χ1) is 7.84. The van der Waals surface area contributed by atoms with E-state index in [1.807, 2.05) is 24.5 Å². The Morgan fingerprint density at radius 1 is 1.41 bits per heavy atom. The molecule has 3 nitrogen and oxygen atoms in total. The third kappa shape index (κ3) is 1.93. The van der Waals surface area contributed by atoms with Crippen LogP contribution in [0.25, 0.3) is 11.0 Å². The van der Waals surface area contributed by atoms with E-state index in [2.05, 4.69) is 4.98 Å². The lowest BCUT2D eigenvalue weighted by molar-refractivity contribution is 0.0784. The standard InChI is InChI=1S/C13H17FN2O/c1-5-16-8(2)15-12-10(14)6-9(7-11(12)16)13(3,4)17/h6-7,17H,5H2,1-4H3. The van der Waals surface area contributed by atoms with E-state index in [-0.39, 0.29) is 5.82 Å².